The van der Waals surface area contributed by atoms with Crippen LogP contribution < -0.4 is 16.0 Å². The Kier molecular flexibility index (Phi) is 4.61. The molecule has 5 nitrogen and oxygen atoms in total. The van der Waals surface area contributed by atoms with Crippen LogP contribution in [0.4, 0.5) is 10.1 Å². The zero-order valence-electron chi connectivity index (χ0n) is 13.1. The average molecular weight is 319 g/mol. The van der Waals surface area contributed by atoms with Crippen LogP contribution in [0.2, 0.25) is 0 Å². The molecule has 6 heteroatoms. The highest BCUT2D eigenvalue weighted by Crippen LogP contribution is 2.27. The number of carbonyl (C=O) groups excluding carboxylic acids is 2. The molecule has 1 aliphatic heterocycles. The van der Waals surface area contributed by atoms with Crippen molar-refractivity contribution >= 4 is 17.5 Å². The minimum Gasteiger partial charge on any atom is -0.349 e. The second kappa shape index (κ2) is 6.66. The quantitative estimate of drug-likeness (QED) is 0.889. The molecule has 1 aromatic rings. The Hall–Kier alpha value is -1.95. The molecule has 1 saturated heterocycles. The van der Waals surface area contributed by atoms with Crippen molar-refractivity contribution in [2.75, 3.05) is 18.0 Å². The van der Waals surface area contributed by atoms with E-state index in [0.29, 0.717) is 25.2 Å². The smallest absolute Gasteiger partial charge is 0.254 e. The molecule has 3 rings (SSSR count). The van der Waals surface area contributed by atoms with Crippen molar-refractivity contribution in [1.82, 2.24) is 5.32 Å². The number of nitrogens with zero attached hydrogens (tertiary/aromatic N) is 1. The first-order valence-corrected chi connectivity index (χ1v) is 8.21. The lowest BCUT2D eigenvalue weighted by atomic mass is 10.0. The van der Waals surface area contributed by atoms with Gasteiger partial charge in [-0.15, -0.1) is 0 Å². The van der Waals surface area contributed by atoms with Crippen molar-refractivity contribution < 1.29 is 14.0 Å². The fraction of sp³-hybridized carbons (Fsp3) is 0.529. The van der Waals surface area contributed by atoms with Gasteiger partial charge < -0.3 is 16.0 Å². The topological polar surface area (TPSA) is 75.4 Å². The SMILES string of the molecule is NCC1CCCC1NC(=O)c1cc(N2CCCC2=O)ccc1F. The lowest BCUT2D eigenvalue weighted by Crippen LogP contribution is -2.40. The minimum absolute atomic E-state index is 0.00368. The molecule has 1 aromatic carbocycles. The number of hydrogen-bond acceptors (Lipinski definition) is 3. The minimum atomic E-state index is -0.569. The van der Waals surface area contributed by atoms with Gasteiger partial charge in [0.25, 0.3) is 5.91 Å². The van der Waals surface area contributed by atoms with E-state index in [0.717, 1.165) is 25.7 Å². The summed E-state index contributed by atoms with van der Waals surface area (Å²) < 4.78 is 14.1. The van der Waals surface area contributed by atoms with E-state index in [1.54, 1.807) is 11.0 Å². The van der Waals surface area contributed by atoms with Crippen LogP contribution in [0.3, 0.4) is 0 Å². The number of rotatable bonds is 4. The first kappa shape index (κ1) is 15.9. The summed E-state index contributed by atoms with van der Waals surface area (Å²) in [7, 11) is 0. The van der Waals surface area contributed by atoms with Crippen LogP contribution in [0, 0.1) is 11.7 Å². The second-order valence-corrected chi connectivity index (χ2v) is 6.32. The van der Waals surface area contributed by atoms with Crippen molar-refractivity contribution in [3.63, 3.8) is 0 Å². The molecule has 2 unspecified atom stereocenters. The highest BCUT2D eigenvalue weighted by atomic mass is 19.1. The normalized spacial score (nSPS) is 24.3. The summed E-state index contributed by atoms with van der Waals surface area (Å²) in [6, 6.07) is 4.28. The zero-order chi connectivity index (χ0) is 16.4. The molecule has 2 fully saturated rings. The van der Waals surface area contributed by atoms with Gasteiger partial charge in [0.05, 0.1) is 5.56 Å². The van der Waals surface area contributed by atoms with E-state index in [1.165, 1.54) is 12.1 Å². The van der Waals surface area contributed by atoms with E-state index < -0.39 is 11.7 Å². The van der Waals surface area contributed by atoms with Gasteiger partial charge in [-0.3, -0.25) is 9.59 Å². The summed E-state index contributed by atoms with van der Waals surface area (Å²) in [5.74, 6) is -0.728. The standard InChI is InChI=1S/C17H22FN3O2/c18-14-7-6-12(21-8-2-5-16(21)22)9-13(14)17(23)20-15-4-1-3-11(15)10-19/h6-7,9,11,15H,1-5,8,10,19H2,(H,20,23). The van der Waals surface area contributed by atoms with Gasteiger partial charge in [0, 0.05) is 24.7 Å². The van der Waals surface area contributed by atoms with Gasteiger partial charge in [-0.25, -0.2) is 4.39 Å². The fourth-order valence-corrected chi connectivity index (χ4v) is 3.53. The summed E-state index contributed by atoms with van der Waals surface area (Å²) in [5.41, 5.74) is 6.30. The first-order chi connectivity index (χ1) is 11.1. The van der Waals surface area contributed by atoms with Crippen LogP contribution >= 0.6 is 0 Å². The third kappa shape index (κ3) is 3.22. The maximum atomic E-state index is 14.1. The molecule has 3 N–H and O–H groups in total. The number of nitrogens with two attached hydrogens (primary N) is 1. The van der Waals surface area contributed by atoms with Crippen LogP contribution in [0.15, 0.2) is 18.2 Å². The summed E-state index contributed by atoms with van der Waals surface area (Å²) in [5, 5.41) is 2.90. The Morgan fingerprint density at radius 2 is 2.17 bits per heavy atom. The van der Waals surface area contributed by atoms with E-state index in [2.05, 4.69) is 5.32 Å². The number of halogens is 1. The predicted molar refractivity (Wildman–Crippen MR) is 85.6 cm³/mol. The predicted octanol–water partition coefficient (Wildman–Crippen LogP) is 1.81. The summed E-state index contributed by atoms with van der Waals surface area (Å²) in [6.45, 7) is 1.14. The van der Waals surface area contributed by atoms with Crippen LogP contribution in [0.1, 0.15) is 42.5 Å². The van der Waals surface area contributed by atoms with Gasteiger partial charge in [0.15, 0.2) is 0 Å². The summed E-state index contributed by atoms with van der Waals surface area (Å²) >= 11 is 0. The van der Waals surface area contributed by atoms with E-state index in [4.69, 9.17) is 5.73 Å². The molecular formula is C17H22FN3O2. The fourth-order valence-electron chi connectivity index (χ4n) is 3.53. The number of hydrogen-bond donors (Lipinski definition) is 2. The number of benzene rings is 1. The maximum Gasteiger partial charge on any atom is 0.254 e. The molecule has 2 aliphatic rings. The van der Waals surface area contributed by atoms with Crippen molar-refractivity contribution in [2.24, 2.45) is 11.7 Å². The zero-order valence-corrected chi connectivity index (χ0v) is 13.1. The monoisotopic (exact) mass is 319 g/mol. The molecule has 1 heterocycles. The van der Waals surface area contributed by atoms with Crippen LogP contribution in [-0.4, -0.2) is 30.9 Å². The number of amides is 2. The van der Waals surface area contributed by atoms with Crippen molar-refractivity contribution in [3.05, 3.63) is 29.6 Å². The molecule has 23 heavy (non-hydrogen) atoms. The average Bonchev–Trinajstić information content (AvgIpc) is 3.16. The number of carbonyl (C=O) groups is 2. The van der Waals surface area contributed by atoms with Gasteiger partial charge in [-0.1, -0.05) is 6.42 Å². The molecule has 0 spiro atoms. The third-order valence-electron chi connectivity index (χ3n) is 4.86. The number of anilines is 1. The van der Waals surface area contributed by atoms with Gasteiger partial charge in [0.2, 0.25) is 5.91 Å². The molecule has 1 saturated carbocycles. The van der Waals surface area contributed by atoms with Crippen LogP contribution in [0.5, 0.6) is 0 Å². The molecule has 2 atom stereocenters. The van der Waals surface area contributed by atoms with Crippen LogP contribution in [0.25, 0.3) is 0 Å². The Bertz CT molecular complexity index is 620. The van der Waals surface area contributed by atoms with Crippen LogP contribution in [-0.2, 0) is 4.79 Å². The Morgan fingerprint density at radius 3 is 2.87 bits per heavy atom. The van der Waals surface area contributed by atoms with E-state index in [9.17, 15) is 14.0 Å². The van der Waals surface area contributed by atoms with E-state index >= 15 is 0 Å². The molecule has 0 radical (unpaired) electrons. The van der Waals surface area contributed by atoms with Gasteiger partial charge in [-0.2, -0.15) is 0 Å². The molecule has 0 bridgehead atoms. The molecule has 0 aromatic heterocycles. The van der Waals surface area contributed by atoms with Gasteiger partial charge in [0.1, 0.15) is 5.82 Å². The first-order valence-electron chi connectivity index (χ1n) is 8.21. The molecule has 124 valence electrons. The molecular weight excluding hydrogens is 297 g/mol. The lowest BCUT2D eigenvalue weighted by molar-refractivity contribution is -0.117. The Balaban J connectivity index is 1.78. The van der Waals surface area contributed by atoms with Crippen molar-refractivity contribution in [3.8, 4) is 0 Å². The maximum absolute atomic E-state index is 14.1. The van der Waals surface area contributed by atoms with Gasteiger partial charge >= 0.3 is 0 Å². The number of nitrogens with one attached hydrogen (secondary N) is 1. The van der Waals surface area contributed by atoms with E-state index in [1.807, 2.05) is 0 Å². The van der Waals surface area contributed by atoms with Gasteiger partial charge in [-0.05, 0) is 49.9 Å². The van der Waals surface area contributed by atoms with Crippen molar-refractivity contribution in [1.29, 1.82) is 0 Å². The summed E-state index contributed by atoms with van der Waals surface area (Å²) in [4.78, 5) is 25.9. The molecule has 1 aliphatic carbocycles. The highest BCUT2D eigenvalue weighted by molar-refractivity contribution is 5.99. The van der Waals surface area contributed by atoms with Crippen molar-refractivity contribution in [2.45, 2.75) is 38.1 Å². The Labute approximate surface area is 135 Å². The second-order valence-electron chi connectivity index (χ2n) is 6.32. The highest BCUT2D eigenvalue weighted by Gasteiger charge is 2.29. The molecule has 2 amide bonds. The summed E-state index contributed by atoms with van der Waals surface area (Å²) in [6.07, 6.45) is 4.18. The largest absolute Gasteiger partial charge is 0.349 e. The Morgan fingerprint density at radius 1 is 1.35 bits per heavy atom. The lowest BCUT2D eigenvalue weighted by Gasteiger charge is -2.21. The van der Waals surface area contributed by atoms with E-state index in [-0.39, 0.29) is 23.4 Å². The third-order valence-corrected chi connectivity index (χ3v) is 4.86.